The van der Waals surface area contributed by atoms with Gasteiger partial charge in [0.15, 0.2) is 0 Å². The van der Waals surface area contributed by atoms with E-state index < -0.39 is 11.6 Å². The van der Waals surface area contributed by atoms with Crippen LogP contribution in [0.3, 0.4) is 0 Å². The second-order valence-corrected chi connectivity index (χ2v) is 5.87. The van der Waals surface area contributed by atoms with Crippen molar-refractivity contribution in [3.63, 3.8) is 0 Å². The molecule has 0 aliphatic heterocycles. The summed E-state index contributed by atoms with van der Waals surface area (Å²) in [5.41, 5.74) is 6.55. The average molecular weight is 365 g/mol. The Balaban J connectivity index is 1.89. The Bertz CT molecular complexity index is 903. The third kappa shape index (κ3) is 3.62. The average Bonchev–Trinajstić information content (AvgIpc) is 2.97. The van der Waals surface area contributed by atoms with Gasteiger partial charge in [0.25, 0.3) is 5.91 Å². The van der Waals surface area contributed by atoms with E-state index >= 15 is 0 Å². The standard InChI is InChI=1S/C17H15ClF2N4O/c18-11-7-14-15(8-13(11)20)24-16(23-14)10-3-2-9(6-12(10)19)17(25)22-5-1-4-21/h2-3,6-8H,1,4-5,21H2,(H,22,25)(H,23,24). The summed E-state index contributed by atoms with van der Waals surface area (Å²) < 4.78 is 27.9. The van der Waals surface area contributed by atoms with Crippen LogP contribution in [-0.4, -0.2) is 29.0 Å². The molecule has 0 bridgehead atoms. The number of aromatic nitrogens is 2. The number of carbonyl (C=O) groups excluding carboxylic acids is 1. The van der Waals surface area contributed by atoms with Crippen LogP contribution < -0.4 is 11.1 Å². The van der Waals surface area contributed by atoms with Crippen molar-refractivity contribution in [1.29, 1.82) is 0 Å². The zero-order valence-corrected chi connectivity index (χ0v) is 13.8. The quantitative estimate of drug-likeness (QED) is 0.608. The molecule has 4 N–H and O–H groups in total. The molecule has 8 heteroatoms. The number of fused-ring (bicyclic) bond motifs is 1. The molecule has 130 valence electrons. The summed E-state index contributed by atoms with van der Waals surface area (Å²) in [6, 6.07) is 6.64. The van der Waals surface area contributed by atoms with Gasteiger partial charge in [-0.25, -0.2) is 13.8 Å². The highest BCUT2D eigenvalue weighted by atomic mass is 35.5. The number of halogens is 3. The highest BCUT2D eigenvalue weighted by molar-refractivity contribution is 6.31. The Morgan fingerprint density at radius 3 is 2.76 bits per heavy atom. The first-order valence-corrected chi connectivity index (χ1v) is 8.00. The normalized spacial score (nSPS) is 11.0. The fourth-order valence-corrected chi connectivity index (χ4v) is 2.54. The van der Waals surface area contributed by atoms with Gasteiger partial charge in [-0.2, -0.15) is 0 Å². The van der Waals surface area contributed by atoms with E-state index in [-0.39, 0.29) is 27.9 Å². The Morgan fingerprint density at radius 1 is 1.24 bits per heavy atom. The maximum atomic E-state index is 14.4. The van der Waals surface area contributed by atoms with Crippen molar-refractivity contribution in [3.8, 4) is 11.4 Å². The first kappa shape index (κ1) is 17.3. The zero-order chi connectivity index (χ0) is 18.0. The summed E-state index contributed by atoms with van der Waals surface area (Å²) in [5.74, 6) is -1.35. The molecule has 0 unspecified atom stereocenters. The van der Waals surface area contributed by atoms with Gasteiger partial charge < -0.3 is 16.0 Å². The predicted octanol–water partition coefficient (Wildman–Crippen LogP) is 3.24. The molecule has 0 spiro atoms. The molecule has 0 aliphatic carbocycles. The molecular weight excluding hydrogens is 350 g/mol. The second kappa shape index (κ2) is 7.16. The Labute approximate surface area is 147 Å². The molecule has 0 atom stereocenters. The van der Waals surface area contributed by atoms with Crippen molar-refractivity contribution in [2.24, 2.45) is 5.73 Å². The summed E-state index contributed by atoms with van der Waals surface area (Å²) in [6.07, 6.45) is 0.643. The van der Waals surface area contributed by atoms with Gasteiger partial charge in [0, 0.05) is 18.2 Å². The van der Waals surface area contributed by atoms with E-state index in [1.807, 2.05) is 0 Å². The lowest BCUT2D eigenvalue weighted by atomic mass is 10.1. The lowest BCUT2D eigenvalue weighted by Crippen LogP contribution is -2.26. The summed E-state index contributed by atoms with van der Waals surface area (Å²) in [7, 11) is 0. The van der Waals surface area contributed by atoms with Crippen molar-refractivity contribution in [2.75, 3.05) is 13.1 Å². The molecule has 1 aromatic heterocycles. The Hall–Kier alpha value is -2.51. The maximum Gasteiger partial charge on any atom is 0.251 e. The molecule has 25 heavy (non-hydrogen) atoms. The Morgan fingerprint density at radius 2 is 2.04 bits per heavy atom. The number of carbonyl (C=O) groups is 1. The number of hydrogen-bond donors (Lipinski definition) is 3. The van der Waals surface area contributed by atoms with Crippen molar-refractivity contribution in [3.05, 3.63) is 52.6 Å². The second-order valence-electron chi connectivity index (χ2n) is 5.46. The van der Waals surface area contributed by atoms with Crippen molar-refractivity contribution in [2.45, 2.75) is 6.42 Å². The van der Waals surface area contributed by atoms with E-state index in [0.29, 0.717) is 30.5 Å². The smallest absolute Gasteiger partial charge is 0.251 e. The van der Waals surface area contributed by atoms with Crippen LogP contribution >= 0.6 is 11.6 Å². The van der Waals surface area contributed by atoms with Crippen molar-refractivity contribution < 1.29 is 13.6 Å². The van der Waals surface area contributed by atoms with Crippen LogP contribution in [0.25, 0.3) is 22.4 Å². The molecular formula is C17H15ClF2N4O. The monoisotopic (exact) mass is 364 g/mol. The van der Waals surface area contributed by atoms with Crippen LogP contribution in [0.1, 0.15) is 16.8 Å². The van der Waals surface area contributed by atoms with E-state index in [0.717, 1.165) is 6.07 Å². The summed E-state index contributed by atoms with van der Waals surface area (Å²) >= 11 is 5.73. The minimum Gasteiger partial charge on any atom is -0.352 e. The van der Waals surface area contributed by atoms with Crippen LogP contribution in [0, 0.1) is 11.6 Å². The van der Waals surface area contributed by atoms with Crippen LogP contribution in [0.4, 0.5) is 8.78 Å². The van der Waals surface area contributed by atoms with Crippen molar-refractivity contribution >= 4 is 28.5 Å². The summed E-state index contributed by atoms with van der Waals surface area (Å²) in [6.45, 7) is 0.888. The van der Waals surface area contributed by atoms with Gasteiger partial charge in [0.2, 0.25) is 0 Å². The van der Waals surface area contributed by atoms with Crippen molar-refractivity contribution in [1.82, 2.24) is 15.3 Å². The molecule has 0 fully saturated rings. The van der Waals surface area contributed by atoms with Gasteiger partial charge in [-0.1, -0.05) is 11.6 Å². The van der Waals surface area contributed by atoms with Crippen LogP contribution in [0.5, 0.6) is 0 Å². The van der Waals surface area contributed by atoms with Gasteiger partial charge in [0.1, 0.15) is 17.5 Å². The lowest BCUT2D eigenvalue weighted by molar-refractivity contribution is 0.0953. The molecule has 1 heterocycles. The van der Waals surface area contributed by atoms with Crippen LogP contribution in [0.2, 0.25) is 5.02 Å². The number of rotatable bonds is 5. The highest BCUT2D eigenvalue weighted by Crippen LogP contribution is 2.27. The number of nitrogens with two attached hydrogens (primary N) is 1. The van der Waals surface area contributed by atoms with Gasteiger partial charge in [0.05, 0.1) is 21.6 Å². The molecule has 5 nitrogen and oxygen atoms in total. The number of benzene rings is 2. The number of H-pyrrole nitrogens is 1. The van der Waals surface area contributed by atoms with Gasteiger partial charge in [-0.3, -0.25) is 4.79 Å². The summed E-state index contributed by atoms with van der Waals surface area (Å²) in [4.78, 5) is 19.0. The molecule has 2 aromatic carbocycles. The van der Waals surface area contributed by atoms with Gasteiger partial charge in [-0.05, 0) is 37.2 Å². The largest absolute Gasteiger partial charge is 0.352 e. The zero-order valence-electron chi connectivity index (χ0n) is 13.1. The number of nitrogens with zero attached hydrogens (tertiary/aromatic N) is 1. The van der Waals surface area contributed by atoms with E-state index in [1.165, 1.54) is 24.3 Å². The first-order chi connectivity index (χ1) is 12.0. The fraction of sp³-hybridized carbons (Fsp3) is 0.176. The topological polar surface area (TPSA) is 83.8 Å². The first-order valence-electron chi connectivity index (χ1n) is 7.62. The van der Waals surface area contributed by atoms with E-state index in [1.54, 1.807) is 0 Å². The lowest BCUT2D eigenvalue weighted by Gasteiger charge is -2.06. The van der Waals surface area contributed by atoms with E-state index in [9.17, 15) is 13.6 Å². The summed E-state index contributed by atoms with van der Waals surface area (Å²) in [5, 5.41) is 2.60. The third-order valence-electron chi connectivity index (χ3n) is 3.68. The van der Waals surface area contributed by atoms with Gasteiger partial charge in [-0.15, -0.1) is 0 Å². The maximum absolute atomic E-state index is 14.4. The fourth-order valence-electron chi connectivity index (χ4n) is 2.39. The highest BCUT2D eigenvalue weighted by Gasteiger charge is 2.14. The molecule has 1 amide bonds. The predicted molar refractivity (Wildman–Crippen MR) is 92.5 cm³/mol. The number of nitrogens with one attached hydrogen (secondary N) is 2. The molecule has 3 aromatic rings. The molecule has 0 saturated carbocycles. The number of hydrogen-bond acceptors (Lipinski definition) is 3. The minimum absolute atomic E-state index is 0.0597. The minimum atomic E-state index is -0.614. The Kier molecular flexibility index (Phi) is 4.96. The van der Waals surface area contributed by atoms with Crippen LogP contribution in [0.15, 0.2) is 30.3 Å². The number of amides is 1. The SMILES string of the molecule is NCCCNC(=O)c1ccc(-c2nc3cc(Cl)c(F)cc3[nH]2)c(F)c1. The molecule has 0 saturated heterocycles. The number of aromatic amines is 1. The molecule has 3 rings (SSSR count). The number of imidazole rings is 1. The van der Waals surface area contributed by atoms with Crippen LogP contribution in [-0.2, 0) is 0 Å². The van der Waals surface area contributed by atoms with E-state index in [4.69, 9.17) is 17.3 Å². The third-order valence-corrected chi connectivity index (χ3v) is 3.97. The van der Waals surface area contributed by atoms with Gasteiger partial charge >= 0.3 is 0 Å². The van der Waals surface area contributed by atoms with E-state index in [2.05, 4.69) is 15.3 Å². The molecule has 0 radical (unpaired) electrons. The molecule has 0 aliphatic rings.